The van der Waals surface area contributed by atoms with Crippen LogP contribution in [0.3, 0.4) is 0 Å². The fraction of sp³-hybridized carbons (Fsp3) is 0.538. The van der Waals surface area contributed by atoms with E-state index in [0.29, 0.717) is 5.02 Å². The van der Waals surface area contributed by atoms with Gasteiger partial charge in [0.2, 0.25) is 0 Å². The molecule has 0 amide bonds. The number of halogens is 2. The molecule has 1 aromatic carbocycles. The molecule has 1 saturated carbocycles. The van der Waals surface area contributed by atoms with Crippen LogP contribution < -0.4 is 4.74 Å². The predicted octanol–water partition coefficient (Wildman–Crippen LogP) is 5.06. The van der Waals surface area contributed by atoms with Crippen molar-refractivity contribution in [2.75, 3.05) is 6.61 Å². The van der Waals surface area contributed by atoms with Gasteiger partial charge in [-0.2, -0.15) is 0 Å². The minimum absolute atomic E-state index is 0.716. The summed E-state index contributed by atoms with van der Waals surface area (Å²) in [7, 11) is 0. The Morgan fingerprint density at radius 3 is 2.62 bits per heavy atom. The maximum Gasteiger partial charge on any atom is 0.121 e. The number of benzene rings is 1. The van der Waals surface area contributed by atoms with Gasteiger partial charge in [-0.15, -0.1) is 0 Å². The lowest BCUT2D eigenvalue weighted by molar-refractivity contribution is 0.209. The summed E-state index contributed by atoms with van der Waals surface area (Å²) in [5.41, 5.74) is 0. The van der Waals surface area contributed by atoms with Crippen molar-refractivity contribution in [3.63, 3.8) is 0 Å². The minimum atomic E-state index is 0.716. The van der Waals surface area contributed by atoms with Crippen molar-refractivity contribution in [1.29, 1.82) is 0 Å². The van der Waals surface area contributed by atoms with Gasteiger partial charge in [-0.25, -0.2) is 0 Å². The average molecular weight is 304 g/mol. The zero-order chi connectivity index (χ0) is 11.4. The largest absolute Gasteiger partial charge is 0.493 e. The van der Waals surface area contributed by atoms with Crippen molar-refractivity contribution in [2.24, 2.45) is 5.92 Å². The fourth-order valence-corrected chi connectivity index (χ4v) is 3.01. The monoisotopic (exact) mass is 302 g/mol. The van der Waals surface area contributed by atoms with E-state index in [4.69, 9.17) is 16.3 Å². The van der Waals surface area contributed by atoms with Crippen molar-refractivity contribution >= 4 is 27.5 Å². The first-order valence-electron chi connectivity index (χ1n) is 5.83. The standard InChI is InChI=1S/C13H16BrClO/c14-11-6-12(15)8-13(7-11)16-9-10-4-2-1-3-5-10/h6-8,10H,1-5,9H2. The summed E-state index contributed by atoms with van der Waals surface area (Å²) in [5, 5.41) is 0.716. The molecule has 1 fully saturated rings. The first-order chi connectivity index (χ1) is 7.74. The van der Waals surface area contributed by atoms with Gasteiger partial charge < -0.3 is 4.74 Å². The molecule has 0 unspecified atom stereocenters. The Hall–Kier alpha value is -0.210. The van der Waals surface area contributed by atoms with E-state index >= 15 is 0 Å². The molecule has 0 radical (unpaired) electrons. The van der Waals surface area contributed by atoms with E-state index in [1.54, 1.807) is 0 Å². The Morgan fingerprint density at radius 1 is 1.19 bits per heavy atom. The zero-order valence-electron chi connectivity index (χ0n) is 9.22. The number of hydrogen-bond donors (Lipinski definition) is 0. The highest BCUT2D eigenvalue weighted by Gasteiger charge is 2.14. The third-order valence-corrected chi connectivity index (χ3v) is 3.72. The molecule has 3 heteroatoms. The van der Waals surface area contributed by atoms with Crippen molar-refractivity contribution in [1.82, 2.24) is 0 Å². The normalized spacial score (nSPS) is 17.4. The van der Waals surface area contributed by atoms with Crippen LogP contribution in [0.5, 0.6) is 5.75 Å². The van der Waals surface area contributed by atoms with Crippen LogP contribution in [0.4, 0.5) is 0 Å². The first-order valence-corrected chi connectivity index (χ1v) is 7.00. The van der Waals surface area contributed by atoms with Crippen LogP contribution in [0.1, 0.15) is 32.1 Å². The van der Waals surface area contributed by atoms with Crippen LogP contribution >= 0.6 is 27.5 Å². The van der Waals surface area contributed by atoms with Crippen molar-refractivity contribution in [3.05, 3.63) is 27.7 Å². The summed E-state index contributed by atoms with van der Waals surface area (Å²) in [6.07, 6.45) is 6.71. The smallest absolute Gasteiger partial charge is 0.121 e. The molecular weight excluding hydrogens is 287 g/mol. The summed E-state index contributed by atoms with van der Waals surface area (Å²) < 4.78 is 6.76. The van der Waals surface area contributed by atoms with Crippen LogP contribution in [0.2, 0.25) is 5.02 Å². The fourth-order valence-electron chi connectivity index (χ4n) is 2.18. The molecule has 1 aliphatic rings. The van der Waals surface area contributed by atoms with Gasteiger partial charge in [0.05, 0.1) is 6.61 Å². The van der Waals surface area contributed by atoms with Crippen LogP contribution in [-0.2, 0) is 0 Å². The van der Waals surface area contributed by atoms with Gasteiger partial charge in [-0.1, -0.05) is 46.8 Å². The summed E-state index contributed by atoms with van der Waals surface area (Å²) in [5.74, 6) is 1.59. The second-order valence-corrected chi connectivity index (χ2v) is 5.77. The van der Waals surface area contributed by atoms with Crippen LogP contribution in [0.15, 0.2) is 22.7 Å². The maximum absolute atomic E-state index is 5.96. The predicted molar refractivity (Wildman–Crippen MR) is 71.2 cm³/mol. The summed E-state index contributed by atoms with van der Waals surface area (Å²) in [4.78, 5) is 0. The highest BCUT2D eigenvalue weighted by Crippen LogP contribution is 2.27. The summed E-state index contributed by atoms with van der Waals surface area (Å²) in [6, 6.07) is 5.71. The Balaban J connectivity index is 1.88. The third-order valence-electron chi connectivity index (χ3n) is 3.05. The SMILES string of the molecule is Clc1cc(Br)cc(OCC2CCCCC2)c1. The topological polar surface area (TPSA) is 9.23 Å². The molecular formula is C13H16BrClO. The number of rotatable bonds is 3. The minimum Gasteiger partial charge on any atom is -0.493 e. The van der Waals surface area contributed by atoms with E-state index in [-0.39, 0.29) is 0 Å². The summed E-state index contributed by atoms with van der Waals surface area (Å²) in [6.45, 7) is 0.826. The quantitative estimate of drug-likeness (QED) is 0.758. The lowest BCUT2D eigenvalue weighted by Crippen LogP contribution is -2.15. The second kappa shape index (κ2) is 5.92. The molecule has 0 spiro atoms. The van der Waals surface area contributed by atoms with Gasteiger partial charge >= 0.3 is 0 Å². The van der Waals surface area contributed by atoms with Gasteiger partial charge in [0.15, 0.2) is 0 Å². The lowest BCUT2D eigenvalue weighted by Gasteiger charge is -2.21. The Kier molecular flexibility index (Phi) is 4.54. The Labute approximate surface area is 110 Å². The Bertz CT molecular complexity index is 328. The molecule has 0 heterocycles. The van der Waals surface area contributed by atoms with Crippen LogP contribution in [0.25, 0.3) is 0 Å². The van der Waals surface area contributed by atoms with Gasteiger partial charge in [-0.3, -0.25) is 0 Å². The molecule has 0 aliphatic heterocycles. The molecule has 0 aromatic heterocycles. The van der Waals surface area contributed by atoms with E-state index in [1.165, 1.54) is 32.1 Å². The lowest BCUT2D eigenvalue weighted by atomic mass is 9.90. The van der Waals surface area contributed by atoms with Crippen LogP contribution in [0, 0.1) is 5.92 Å². The van der Waals surface area contributed by atoms with E-state index in [0.717, 1.165) is 22.7 Å². The van der Waals surface area contributed by atoms with E-state index in [1.807, 2.05) is 18.2 Å². The molecule has 1 aromatic rings. The molecule has 0 N–H and O–H groups in total. The molecule has 0 saturated heterocycles. The van der Waals surface area contributed by atoms with Crippen molar-refractivity contribution in [3.8, 4) is 5.75 Å². The highest BCUT2D eigenvalue weighted by molar-refractivity contribution is 9.10. The Morgan fingerprint density at radius 2 is 1.94 bits per heavy atom. The van der Waals surface area contributed by atoms with E-state index < -0.39 is 0 Å². The number of ether oxygens (including phenoxy) is 1. The maximum atomic E-state index is 5.96. The van der Waals surface area contributed by atoms with Crippen molar-refractivity contribution < 1.29 is 4.74 Å². The van der Waals surface area contributed by atoms with Gasteiger partial charge in [0.1, 0.15) is 5.75 Å². The molecule has 1 aliphatic carbocycles. The second-order valence-electron chi connectivity index (χ2n) is 4.42. The van der Waals surface area contributed by atoms with Gasteiger partial charge in [0.25, 0.3) is 0 Å². The molecule has 0 atom stereocenters. The molecule has 1 nitrogen and oxygen atoms in total. The molecule has 16 heavy (non-hydrogen) atoms. The number of hydrogen-bond acceptors (Lipinski definition) is 1. The van der Waals surface area contributed by atoms with Crippen molar-refractivity contribution in [2.45, 2.75) is 32.1 Å². The molecule has 0 bridgehead atoms. The zero-order valence-corrected chi connectivity index (χ0v) is 11.6. The van der Waals surface area contributed by atoms with E-state index in [2.05, 4.69) is 15.9 Å². The van der Waals surface area contributed by atoms with Gasteiger partial charge in [-0.05, 0) is 37.0 Å². The molecule has 88 valence electrons. The third kappa shape index (κ3) is 3.67. The highest BCUT2D eigenvalue weighted by atomic mass is 79.9. The van der Waals surface area contributed by atoms with Gasteiger partial charge in [0, 0.05) is 9.50 Å². The summed E-state index contributed by atoms with van der Waals surface area (Å²) >= 11 is 9.38. The van der Waals surface area contributed by atoms with E-state index in [9.17, 15) is 0 Å². The average Bonchev–Trinajstić information content (AvgIpc) is 2.27. The first kappa shape index (κ1) is 12.3. The molecule has 2 rings (SSSR count). The van der Waals surface area contributed by atoms with Crippen LogP contribution in [-0.4, -0.2) is 6.61 Å².